The first-order valence-corrected chi connectivity index (χ1v) is 11.0. The average molecular weight is 463 g/mol. The smallest absolute Gasteiger partial charge is 0.243 e. The van der Waals surface area contributed by atoms with E-state index >= 15 is 0 Å². The second-order valence-electron chi connectivity index (χ2n) is 6.60. The Morgan fingerprint density at radius 1 is 1.03 bits per heavy atom. The number of hydrogen-bond donors (Lipinski definition) is 1. The van der Waals surface area contributed by atoms with Crippen LogP contribution in [0, 0.1) is 5.82 Å². The molecule has 0 fully saturated rings. The molecule has 0 atom stereocenters. The van der Waals surface area contributed by atoms with Crippen molar-refractivity contribution in [2.75, 3.05) is 19.0 Å². The van der Waals surface area contributed by atoms with Crippen LogP contribution in [0.5, 0.6) is 5.75 Å². The Bertz CT molecular complexity index is 1150. The summed E-state index contributed by atoms with van der Waals surface area (Å²) in [7, 11) is -2.58. The van der Waals surface area contributed by atoms with Crippen LogP contribution in [0.2, 0.25) is 5.02 Å². The molecule has 1 N–H and O–H groups in total. The molecular weight excluding hydrogens is 443 g/mol. The van der Waals surface area contributed by atoms with Crippen LogP contribution in [-0.4, -0.2) is 32.3 Å². The Morgan fingerprint density at radius 2 is 1.68 bits per heavy atom. The van der Waals surface area contributed by atoms with Gasteiger partial charge in [0.05, 0.1) is 18.6 Å². The largest absolute Gasteiger partial charge is 0.497 e. The summed E-state index contributed by atoms with van der Waals surface area (Å²) in [5.74, 6) is -0.516. The summed E-state index contributed by atoms with van der Waals surface area (Å²) >= 11 is 5.86. The number of halogens is 2. The molecule has 3 aromatic carbocycles. The molecule has 31 heavy (non-hydrogen) atoms. The quantitative estimate of drug-likeness (QED) is 0.541. The number of amides is 1. The van der Waals surface area contributed by atoms with Gasteiger partial charge in [-0.05, 0) is 54.6 Å². The maximum atomic E-state index is 14.2. The van der Waals surface area contributed by atoms with Crippen LogP contribution >= 0.6 is 11.6 Å². The van der Waals surface area contributed by atoms with E-state index in [4.69, 9.17) is 16.3 Å². The molecule has 0 bridgehead atoms. The van der Waals surface area contributed by atoms with Crippen molar-refractivity contribution in [2.45, 2.75) is 11.4 Å². The third-order valence-corrected chi connectivity index (χ3v) is 6.51. The Kier molecular flexibility index (Phi) is 7.27. The van der Waals surface area contributed by atoms with Crippen molar-refractivity contribution in [3.63, 3.8) is 0 Å². The van der Waals surface area contributed by atoms with Gasteiger partial charge in [0.25, 0.3) is 0 Å². The molecule has 0 aliphatic rings. The Morgan fingerprint density at radius 3 is 2.29 bits per heavy atom. The van der Waals surface area contributed by atoms with Gasteiger partial charge < -0.3 is 10.1 Å². The highest BCUT2D eigenvalue weighted by molar-refractivity contribution is 7.89. The predicted molar refractivity (Wildman–Crippen MR) is 117 cm³/mol. The second-order valence-corrected chi connectivity index (χ2v) is 8.97. The van der Waals surface area contributed by atoms with E-state index in [0.29, 0.717) is 16.5 Å². The number of carbonyl (C=O) groups excluding carboxylic acids is 1. The number of ether oxygens (including phenoxy) is 1. The first kappa shape index (κ1) is 22.7. The summed E-state index contributed by atoms with van der Waals surface area (Å²) in [6.07, 6.45) is 0. The fourth-order valence-corrected chi connectivity index (χ4v) is 4.33. The van der Waals surface area contributed by atoms with Crippen molar-refractivity contribution in [2.24, 2.45) is 0 Å². The van der Waals surface area contributed by atoms with E-state index in [1.165, 1.54) is 49.6 Å². The Balaban J connectivity index is 1.86. The van der Waals surface area contributed by atoms with Crippen molar-refractivity contribution in [1.29, 1.82) is 0 Å². The molecule has 1 amide bonds. The number of hydrogen-bond acceptors (Lipinski definition) is 4. The topological polar surface area (TPSA) is 75.7 Å². The van der Waals surface area contributed by atoms with Gasteiger partial charge >= 0.3 is 0 Å². The molecule has 0 spiro atoms. The fourth-order valence-electron chi connectivity index (χ4n) is 2.83. The molecule has 162 valence electrons. The molecular formula is C22H20ClFN2O4S. The monoisotopic (exact) mass is 462 g/mol. The van der Waals surface area contributed by atoms with Crippen LogP contribution in [0.1, 0.15) is 5.56 Å². The van der Waals surface area contributed by atoms with Gasteiger partial charge in [0.15, 0.2) is 0 Å². The van der Waals surface area contributed by atoms with E-state index in [9.17, 15) is 17.6 Å². The minimum atomic E-state index is -4.10. The molecule has 0 aliphatic heterocycles. The molecule has 0 heterocycles. The molecule has 0 saturated carbocycles. The van der Waals surface area contributed by atoms with Crippen molar-refractivity contribution < 1.29 is 22.3 Å². The zero-order valence-electron chi connectivity index (χ0n) is 16.6. The lowest BCUT2D eigenvalue weighted by atomic mass is 10.2. The van der Waals surface area contributed by atoms with Gasteiger partial charge in [0.1, 0.15) is 11.6 Å². The van der Waals surface area contributed by atoms with Crippen LogP contribution in [-0.2, 0) is 21.4 Å². The third kappa shape index (κ3) is 5.81. The van der Waals surface area contributed by atoms with Gasteiger partial charge in [0, 0.05) is 22.8 Å². The van der Waals surface area contributed by atoms with Gasteiger partial charge in [-0.15, -0.1) is 0 Å². The maximum Gasteiger partial charge on any atom is 0.243 e. The highest BCUT2D eigenvalue weighted by Gasteiger charge is 2.27. The van der Waals surface area contributed by atoms with E-state index in [1.807, 2.05) is 0 Å². The summed E-state index contributed by atoms with van der Waals surface area (Å²) < 4.78 is 46.6. The number of anilines is 1. The lowest BCUT2D eigenvalue weighted by molar-refractivity contribution is -0.116. The lowest BCUT2D eigenvalue weighted by Crippen LogP contribution is -2.37. The Labute approximate surface area is 185 Å². The highest BCUT2D eigenvalue weighted by Crippen LogP contribution is 2.22. The van der Waals surface area contributed by atoms with Crippen LogP contribution in [0.25, 0.3) is 0 Å². The Hall–Kier alpha value is -2.94. The van der Waals surface area contributed by atoms with Gasteiger partial charge in [-0.1, -0.05) is 29.8 Å². The van der Waals surface area contributed by atoms with E-state index in [1.54, 1.807) is 30.3 Å². The number of rotatable bonds is 8. The summed E-state index contributed by atoms with van der Waals surface area (Å²) in [5.41, 5.74) is 0.623. The summed E-state index contributed by atoms with van der Waals surface area (Å²) in [5, 5.41) is 3.01. The van der Waals surface area contributed by atoms with E-state index in [2.05, 4.69) is 5.32 Å². The standard InChI is InChI=1S/C22H20ClFN2O4S/c1-30-19-10-8-18(9-11-19)25-22(27)15-26(14-16-4-2-3-5-21(16)24)31(28,29)20-12-6-17(23)7-13-20/h2-13H,14-15H2,1H3,(H,25,27). The van der Waals surface area contributed by atoms with Crippen molar-refractivity contribution in [3.8, 4) is 5.75 Å². The molecule has 6 nitrogen and oxygen atoms in total. The molecule has 0 aliphatic carbocycles. The predicted octanol–water partition coefficient (Wildman–Crippen LogP) is 4.32. The molecule has 3 aromatic rings. The normalized spacial score (nSPS) is 11.4. The fraction of sp³-hybridized carbons (Fsp3) is 0.136. The van der Waals surface area contributed by atoms with Crippen LogP contribution in [0.4, 0.5) is 10.1 Å². The van der Waals surface area contributed by atoms with Crippen LogP contribution in [0.3, 0.4) is 0 Å². The number of nitrogens with one attached hydrogen (secondary N) is 1. The van der Waals surface area contributed by atoms with E-state index in [0.717, 1.165) is 4.31 Å². The van der Waals surface area contributed by atoms with Gasteiger partial charge in [-0.3, -0.25) is 4.79 Å². The zero-order valence-corrected chi connectivity index (χ0v) is 18.2. The van der Waals surface area contributed by atoms with Crippen molar-refractivity contribution >= 4 is 33.2 Å². The molecule has 0 radical (unpaired) electrons. The number of nitrogens with zero attached hydrogens (tertiary/aromatic N) is 1. The summed E-state index contributed by atoms with van der Waals surface area (Å²) in [6.45, 7) is -0.820. The van der Waals surface area contributed by atoms with Gasteiger partial charge in [-0.2, -0.15) is 4.31 Å². The SMILES string of the molecule is COc1ccc(NC(=O)CN(Cc2ccccc2F)S(=O)(=O)c2ccc(Cl)cc2)cc1. The highest BCUT2D eigenvalue weighted by atomic mass is 35.5. The minimum absolute atomic E-state index is 0.0505. The second kappa shape index (κ2) is 9.91. The third-order valence-electron chi connectivity index (χ3n) is 4.45. The summed E-state index contributed by atoms with van der Waals surface area (Å²) in [6, 6.07) is 18.0. The van der Waals surface area contributed by atoms with E-state index < -0.39 is 28.3 Å². The number of carbonyl (C=O) groups is 1. The molecule has 9 heteroatoms. The minimum Gasteiger partial charge on any atom is -0.497 e. The maximum absolute atomic E-state index is 14.2. The lowest BCUT2D eigenvalue weighted by Gasteiger charge is -2.22. The van der Waals surface area contributed by atoms with Crippen LogP contribution in [0.15, 0.2) is 77.7 Å². The zero-order chi connectivity index (χ0) is 22.4. The molecule has 0 saturated heterocycles. The first-order valence-electron chi connectivity index (χ1n) is 9.22. The van der Waals surface area contributed by atoms with Crippen LogP contribution < -0.4 is 10.1 Å². The first-order chi connectivity index (χ1) is 14.8. The van der Waals surface area contributed by atoms with Gasteiger partial charge in [-0.25, -0.2) is 12.8 Å². The molecule has 0 aromatic heterocycles. The average Bonchev–Trinajstić information content (AvgIpc) is 2.75. The molecule has 3 rings (SSSR count). The molecule has 0 unspecified atom stereocenters. The number of sulfonamides is 1. The summed E-state index contributed by atoms with van der Waals surface area (Å²) in [4.78, 5) is 12.6. The van der Waals surface area contributed by atoms with Crippen molar-refractivity contribution in [1.82, 2.24) is 4.31 Å². The number of benzene rings is 3. The van der Waals surface area contributed by atoms with Crippen molar-refractivity contribution in [3.05, 3.63) is 89.2 Å². The van der Waals surface area contributed by atoms with Gasteiger partial charge in [0.2, 0.25) is 15.9 Å². The van der Waals surface area contributed by atoms with E-state index in [-0.39, 0.29) is 17.0 Å². The number of methoxy groups -OCH3 is 1.